The first kappa shape index (κ1) is 18.6. The van der Waals surface area contributed by atoms with Crippen molar-refractivity contribution in [3.8, 4) is 11.3 Å². The zero-order valence-electron chi connectivity index (χ0n) is 14.6. The van der Waals surface area contributed by atoms with E-state index < -0.39 is 0 Å². The molecule has 8 heteroatoms. The Bertz CT molecular complexity index is 956. The summed E-state index contributed by atoms with van der Waals surface area (Å²) in [5.74, 6) is -0.524. The summed E-state index contributed by atoms with van der Waals surface area (Å²) < 4.78 is 1.57. The van der Waals surface area contributed by atoms with Crippen LogP contribution in [-0.2, 0) is 7.05 Å². The standard InChI is InChI=1S/C19H18ClN5O2/c1-25-12-15(17(24-25)14-6-2-3-7-16(14)20)19(27)23-10-9-22-18(26)13-5-4-8-21-11-13/h2-8,11-12H,9-10H2,1H3,(H,22,26)(H,23,27). The van der Waals surface area contributed by atoms with Crippen LogP contribution in [0.1, 0.15) is 20.7 Å². The second-order valence-corrected chi connectivity index (χ2v) is 6.21. The van der Waals surface area contributed by atoms with Gasteiger partial charge in [0.2, 0.25) is 0 Å². The molecule has 0 aliphatic heterocycles. The fourth-order valence-corrected chi connectivity index (χ4v) is 2.78. The summed E-state index contributed by atoms with van der Waals surface area (Å²) in [7, 11) is 1.74. The number of benzene rings is 1. The molecule has 3 aromatic rings. The summed E-state index contributed by atoms with van der Waals surface area (Å²) >= 11 is 6.23. The molecule has 0 bridgehead atoms. The lowest BCUT2D eigenvalue weighted by Crippen LogP contribution is -2.34. The van der Waals surface area contributed by atoms with Crippen molar-refractivity contribution in [3.63, 3.8) is 0 Å². The van der Waals surface area contributed by atoms with Gasteiger partial charge in [-0.25, -0.2) is 0 Å². The maximum atomic E-state index is 12.5. The van der Waals surface area contributed by atoms with Gasteiger partial charge < -0.3 is 10.6 Å². The molecule has 2 heterocycles. The molecule has 3 rings (SSSR count). The Morgan fingerprint density at radius 1 is 1.07 bits per heavy atom. The van der Waals surface area contributed by atoms with Gasteiger partial charge in [-0.15, -0.1) is 0 Å². The molecule has 0 atom stereocenters. The lowest BCUT2D eigenvalue weighted by Gasteiger charge is -2.08. The number of hydrogen-bond acceptors (Lipinski definition) is 4. The first-order valence-electron chi connectivity index (χ1n) is 8.31. The molecule has 0 spiro atoms. The molecular formula is C19H18ClN5O2. The van der Waals surface area contributed by atoms with Gasteiger partial charge in [0.15, 0.2) is 0 Å². The SMILES string of the molecule is Cn1cc(C(=O)NCCNC(=O)c2cccnc2)c(-c2ccccc2Cl)n1. The second-order valence-electron chi connectivity index (χ2n) is 5.80. The van der Waals surface area contributed by atoms with E-state index in [-0.39, 0.29) is 18.4 Å². The summed E-state index contributed by atoms with van der Waals surface area (Å²) in [6, 6.07) is 10.6. The predicted molar refractivity (Wildman–Crippen MR) is 103 cm³/mol. The molecule has 0 aliphatic rings. The highest BCUT2D eigenvalue weighted by atomic mass is 35.5. The molecule has 1 aromatic carbocycles. The topological polar surface area (TPSA) is 88.9 Å². The molecule has 0 radical (unpaired) electrons. The molecule has 2 amide bonds. The third-order valence-corrected chi connectivity index (χ3v) is 4.15. The van der Waals surface area contributed by atoms with Crippen molar-refractivity contribution in [1.29, 1.82) is 0 Å². The van der Waals surface area contributed by atoms with E-state index in [9.17, 15) is 9.59 Å². The highest BCUT2D eigenvalue weighted by molar-refractivity contribution is 6.33. The number of carbonyl (C=O) groups excluding carboxylic acids is 2. The molecule has 2 aromatic heterocycles. The molecule has 0 unspecified atom stereocenters. The van der Waals surface area contributed by atoms with Crippen molar-refractivity contribution < 1.29 is 9.59 Å². The smallest absolute Gasteiger partial charge is 0.255 e. The minimum atomic E-state index is -0.284. The summed E-state index contributed by atoms with van der Waals surface area (Å²) in [5, 5.41) is 10.4. The Hall–Kier alpha value is -3.19. The highest BCUT2D eigenvalue weighted by Crippen LogP contribution is 2.28. The average molecular weight is 384 g/mol. The van der Waals surface area contributed by atoms with E-state index in [0.29, 0.717) is 34.0 Å². The summed E-state index contributed by atoms with van der Waals surface area (Å²) in [5.41, 5.74) is 2.09. The molecule has 7 nitrogen and oxygen atoms in total. The maximum absolute atomic E-state index is 12.5. The van der Waals surface area contributed by atoms with Gasteiger partial charge in [0.1, 0.15) is 5.69 Å². The van der Waals surface area contributed by atoms with Crippen LogP contribution in [0.25, 0.3) is 11.3 Å². The van der Waals surface area contributed by atoms with E-state index in [0.717, 1.165) is 0 Å². The number of aromatic nitrogens is 3. The van der Waals surface area contributed by atoms with Crippen LogP contribution in [0, 0.1) is 0 Å². The number of pyridine rings is 1. The Morgan fingerprint density at radius 2 is 1.81 bits per heavy atom. The molecule has 138 valence electrons. The fraction of sp³-hybridized carbons (Fsp3) is 0.158. The molecule has 0 saturated carbocycles. The first-order chi connectivity index (χ1) is 13.1. The van der Waals surface area contributed by atoms with Crippen LogP contribution >= 0.6 is 11.6 Å². The number of carbonyl (C=O) groups is 2. The normalized spacial score (nSPS) is 10.4. The highest BCUT2D eigenvalue weighted by Gasteiger charge is 2.18. The molecule has 2 N–H and O–H groups in total. The number of nitrogens with zero attached hydrogens (tertiary/aromatic N) is 3. The third kappa shape index (κ3) is 4.51. The zero-order valence-corrected chi connectivity index (χ0v) is 15.4. The van der Waals surface area contributed by atoms with E-state index in [1.807, 2.05) is 18.2 Å². The van der Waals surface area contributed by atoms with Gasteiger partial charge in [-0.3, -0.25) is 19.3 Å². The predicted octanol–water partition coefficient (Wildman–Crippen LogP) is 2.30. The largest absolute Gasteiger partial charge is 0.350 e. The molecule has 0 aliphatic carbocycles. The van der Waals surface area contributed by atoms with Crippen molar-refractivity contribution in [3.05, 3.63) is 71.1 Å². The maximum Gasteiger partial charge on any atom is 0.255 e. The van der Waals surface area contributed by atoms with Gasteiger partial charge in [-0.1, -0.05) is 29.8 Å². The summed E-state index contributed by atoms with van der Waals surface area (Å²) in [6.45, 7) is 0.572. The fourth-order valence-electron chi connectivity index (χ4n) is 2.55. The van der Waals surface area contributed by atoms with Crippen LogP contribution in [0.5, 0.6) is 0 Å². The minimum absolute atomic E-state index is 0.240. The van der Waals surface area contributed by atoms with E-state index in [1.165, 1.54) is 6.20 Å². The molecule has 0 saturated heterocycles. The van der Waals surface area contributed by atoms with Crippen molar-refractivity contribution in [2.75, 3.05) is 13.1 Å². The Kier molecular flexibility index (Phi) is 5.83. The van der Waals surface area contributed by atoms with Crippen LogP contribution in [-0.4, -0.2) is 39.7 Å². The van der Waals surface area contributed by atoms with E-state index in [1.54, 1.807) is 42.3 Å². The van der Waals surface area contributed by atoms with Gasteiger partial charge >= 0.3 is 0 Å². The summed E-state index contributed by atoms with van der Waals surface area (Å²) in [6.07, 6.45) is 4.73. The van der Waals surface area contributed by atoms with Crippen molar-refractivity contribution >= 4 is 23.4 Å². The Morgan fingerprint density at radius 3 is 2.52 bits per heavy atom. The minimum Gasteiger partial charge on any atom is -0.350 e. The number of rotatable bonds is 6. The lowest BCUT2D eigenvalue weighted by atomic mass is 10.1. The van der Waals surface area contributed by atoms with E-state index in [2.05, 4.69) is 20.7 Å². The van der Waals surface area contributed by atoms with Crippen LogP contribution in [0.4, 0.5) is 0 Å². The van der Waals surface area contributed by atoms with Gasteiger partial charge in [0.05, 0.1) is 16.1 Å². The monoisotopic (exact) mass is 383 g/mol. The second kappa shape index (κ2) is 8.46. The number of amides is 2. The van der Waals surface area contributed by atoms with Crippen molar-refractivity contribution in [2.45, 2.75) is 0 Å². The number of nitrogens with one attached hydrogen (secondary N) is 2. The van der Waals surface area contributed by atoms with Crippen LogP contribution < -0.4 is 10.6 Å². The van der Waals surface area contributed by atoms with Gasteiger partial charge in [-0.05, 0) is 18.2 Å². The third-order valence-electron chi connectivity index (χ3n) is 3.82. The quantitative estimate of drug-likeness (QED) is 0.639. The summed E-state index contributed by atoms with van der Waals surface area (Å²) in [4.78, 5) is 28.4. The van der Waals surface area contributed by atoms with Crippen molar-refractivity contribution in [1.82, 2.24) is 25.4 Å². The Labute approximate surface area is 161 Å². The van der Waals surface area contributed by atoms with E-state index in [4.69, 9.17) is 11.6 Å². The van der Waals surface area contributed by atoms with Gasteiger partial charge in [-0.2, -0.15) is 5.10 Å². The van der Waals surface area contributed by atoms with Gasteiger partial charge in [0.25, 0.3) is 11.8 Å². The van der Waals surface area contributed by atoms with Crippen molar-refractivity contribution in [2.24, 2.45) is 7.05 Å². The zero-order chi connectivity index (χ0) is 19.2. The first-order valence-corrected chi connectivity index (χ1v) is 8.69. The van der Waals surface area contributed by atoms with Gasteiger partial charge in [0, 0.05) is 44.3 Å². The number of aryl methyl sites for hydroxylation is 1. The van der Waals surface area contributed by atoms with E-state index >= 15 is 0 Å². The molecule has 27 heavy (non-hydrogen) atoms. The molecule has 0 fully saturated rings. The van der Waals surface area contributed by atoms with Crippen LogP contribution in [0.3, 0.4) is 0 Å². The molecular weight excluding hydrogens is 366 g/mol. The lowest BCUT2D eigenvalue weighted by molar-refractivity contribution is 0.0927. The number of hydrogen-bond donors (Lipinski definition) is 2. The number of halogens is 1. The van der Waals surface area contributed by atoms with Crippen LogP contribution in [0.2, 0.25) is 5.02 Å². The Balaban J connectivity index is 1.61. The average Bonchev–Trinajstić information content (AvgIpc) is 3.07. The van der Waals surface area contributed by atoms with Crippen LogP contribution in [0.15, 0.2) is 55.0 Å².